The zero-order chi connectivity index (χ0) is 13.5. The number of carbonyl (C=O) groups is 1. The van der Waals surface area contributed by atoms with Gasteiger partial charge in [0.15, 0.2) is 0 Å². The van der Waals surface area contributed by atoms with E-state index in [2.05, 4.69) is 25.5 Å². The van der Waals surface area contributed by atoms with E-state index in [-0.39, 0.29) is 5.91 Å². The van der Waals surface area contributed by atoms with Crippen molar-refractivity contribution < 1.29 is 4.79 Å². The molecular weight excluding hydrogens is 242 g/mol. The van der Waals surface area contributed by atoms with E-state index in [0.717, 1.165) is 38.4 Å². The van der Waals surface area contributed by atoms with E-state index in [1.165, 1.54) is 0 Å². The maximum atomic E-state index is 11.8. The molecule has 104 valence electrons. The number of nitrogens with one attached hydrogen (secondary N) is 2. The lowest BCUT2D eigenvalue weighted by atomic mass is 9.97. The Hall–Kier alpha value is -1.53. The normalized spacial score (nSPS) is 17.3. The van der Waals surface area contributed by atoms with E-state index in [9.17, 15) is 4.79 Å². The highest BCUT2D eigenvalue weighted by atomic mass is 16.2. The van der Waals surface area contributed by atoms with Crippen LogP contribution in [0.4, 0.5) is 5.95 Å². The van der Waals surface area contributed by atoms with Crippen molar-refractivity contribution >= 4 is 11.9 Å². The number of piperidine rings is 1. The molecule has 6 heteroatoms. The standard InChI is InChI=1S/C13H21N5O/c1-14-9-11-3-7-18(8-4-11)10-12(19)17-13-15-5-2-6-16-13/h2,5-6,11,14H,3-4,7-10H2,1H3,(H,15,16,17,19). The van der Waals surface area contributed by atoms with Gasteiger partial charge >= 0.3 is 0 Å². The van der Waals surface area contributed by atoms with E-state index in [1.54, 1.807) is 18.5 Å². The molecule has 0 radical (unpaired) electrons. The molecule has 1 aromatic heterocycles. The largest absolute Gasteiger partial charge is 0.319 e. The van der Waals surface area contributed by atoms with Crippen molar-refractivity contribution in [2.45, 2.75) is 12.8 Å². The summed E-state index contributed by atoms with van der Waals surface area (Å²) in [7, 11) is 1.99. The number of anilines is 1. The number of nitrogens with zero attached hydrogens (tertiary/aromatic N) is 3. The third-order valence-corrected chi connectivity index (χ3v) is 3.38. The van der Waals surface area contributed by atoms with Gasteiger partial charge in [0, 0.05) is 12.4 Å². The number of rotatable bonds is 5. The molecule has 1 aliphatic rings. The Morgan fingerprint density at radius 2 is 2.05 bits per heavy atom. The number of amides is 1. The Morgan fingerprint density at radius 3 is 2.68 bits per heavy atom. The quantitative estimate of drug-likeness (QED) is 0.802. The minimum absolute atomic E-state index is 0.0433. The molecule has 0 atom stereocenters. The summed E-state index contributed by atoms with van der Waals surface area (Å²) in [5.41, 5.74) is 0. The molecule has 0 aromatic carbocycles. The molecule has 0 unspecified atom stereocenters. The molecule has 2 rings (SSSR count). The van der Waals surface area contributed by atoms with Gasteiger partial charge in [-0.1, -0.05) is 0 Å². The maximum absolute atomic E-state index is 11.8. The van der Waals surface area contributed by atoms with E-state index in [1.807, 2.05) is 7.05 Å². The third kappa shape index (κ3) is 4.57. The van der Waals surface area contributed by atoms with E-state index in [0.29, 0.717) is 12.5 Å². The van der Waals surface area contributed by atoms with Crippen LogP contribution in [0, 0.1) is 5.92 Å². The lowest BCUT2D eigenvalue weighted by Gasteiger charge is -2.31. The Labute approximate surface area is 113 Å². The predicted molar refractivity (Wildman–Crippen MR) is 73.8 cm³/mol. The van der Waals surface area contributed by atoms with Gasteiger partial charge in [-0.25, -0.2) is 9.97 Å². The lowest BCUT2D eigenvalue weighted by molar-refractivity contribution is -0.117. The van der Waals surface area contributed by atoms with Gasteiger partial charge in [0.1, 0.15) is 0 Å². The minimum Gasteiger partial charge on any atom is -0.319 e. The van der Waals surface area contributed by atoms with Gasteiger partial charge < -0.3 is 5.32 Å². The molecule has 1 fully saturated rings. The summed E-state index contributed by atoms with van der Waals surface area (Å²) in [5, 5.41) is 5.92. The highest BCUT2D eigenvalue weighted by Crippen LogP contribution is 2.15. The molecule has 1 aliphatic heterocycles. The zero-order valence-electron chi connectivity index (χ0n) is 11.3. The molecule has 0 aliphatic carbocycles. The van der Waals surface area contributed by atoms with Crippen molar-refractivity contribution in [2.24, 2.45) is 5.92 Å². The van der Waals surface area contributed by atoms with Crippen LogP contribution in [0.2, 0.25) is 0 Å². The second-order valence-electron chi connectivity index (χ2n) is 4.90. The van der Waals surface area contributed by atoms with Crippen LogP contribution in [0.5, 0.6) is 0 Å². The topological polar surface area (TPSA) is 70.2 Å². The second kappa shape index (κ2) is 7.16. The first-order valence-electron chi connectivity index (χ1n) is 6.71. The van der Waals surface area contributed by atoms with Crippen molar-refractivity contribution in [3.63, 3.8) is 0 Å². The number of hydrogen-bond acceptors (Lipinski definition) is 5. The SMILES string of the molecule is CNCC1CCN(CC(=O)Nc2ncccn2)CC1. The summed E-state index contributed by atoms with van der Waals surface area (Å²) in [5.74, 6) is 1.07. The lowest BCUT2D eigenvalue weighted by Crippen LogP contribution is -2.41. The molecule has 6 nitrogen and oxygen atoms in total. The average molecular weight is 263 g/mol. The van der Waals surface area contributed by atoms with Crippen molar-refractivity contribution in [1.82, 2.24) is 20.2 Å². The van der Waals surface area contributed by atoms with Crippen LogP contribution < -0.4 is 10.6 Å². The van der Waals surface area contributed by atoms with Crippen LogP contribution in [0.1, 0.15) is 12.8 Å². The Balaban J connectivity index is 1.72. The first kappa shape index (κ1) is 13.9. The van der Waals surface area contributed by atoms with Crippen molar-refractivity contribution in [3.8, 4) is 0 Å². The summed E-state index contributed by atoms with van der Waals surface area (Å²) >= 11 is 0. The molecule has 2 heterocycles. The highest BCUT2D eigenvalue weighted by Gasteiger charge is 2.20. The van der Waals surface area contributed by atoms with Gasteiger partial charge in [0.05, 0.1) is 6.54 Å². The monoisotopic (exact) mass is 263 g/mol. The van der Waals surface area contributed by atoms with Gasteiger partial charge in [-0.05, 0) is 51.5 Å². The van der Waals surface area contributed by atoms with E-state index >= 15 is 0 Å². The maximum Gasteiger partial charge on any atom is 0.240 e. The van der Waals surface area contributed by atoms with Gasteiger partial charge in [-0.3, -0.25) is 15.0 Å². The predicted octanol–water partition coefficient (Wildman–Crippen LogP) is 0.347. The molecule has 0 spiro atoms. The van der Waals surface area contributed by atoms with E-state index in [4.69, 9.17) is 0 Å². The Morgan fingerprint density at radius 1 is 1.37 bits per heavy atom. The Bertz CT molecular complexity index is 389. The molecule has 1 amide bonds. The van der Waals surface area contributed by atoms with Gasteiger partial charge in [0.2, 0.25) is 11.9 Å². The Kier molecular flexibility index (Phi) is 5.23. The molecule has 0 saturated carbocycles. The fraction of sp³-hybridized carbons (Fsp3) is 0.615. The molecular formula is C13H21N5O. The fourth-order valence-corrected chi connectivity index (χ4v) is 2.37. The second-order valence-corrected chi connectivity index (χ2v) is 4.90. The van der Waals surface area contributed by atoms with Crippen LogP contribution in [0.25, 0.3) is 0 Å². The number of carbonyl (C=O) groups excluding carboxylic acids is 1. The molecule has 1 aromatic rings. The minimum atomic E-state index is -0.0433. The van der Waals surface area contributed by atoms with Crippen molar-refractivity contribution in [2.75, 3.05) is 38.5 Å². The first-order chi connectivity index (χ1) is 9.28. The molecule has 0 bridgehead atoms. The van der Waals surface area contributed by atoms with Gasteiger partial charge in [0.25, 0.3) is 0 Å². The van der Waals surface area contributed by atoms with Crippen LogP contribution in [-0.2, 0) is 4.79 Å². The fourth-order valence-electron chi connectivity index (χ4n) is 2.37. The summed E-state index contributed by atoms with van der Waals surface area (Å²) in [4.78, 5) is 22.0. The number of likely N-dealkylation sites (tertiary alicyclic amines) is 1. The van der Waals surface area contributed by atoms with E-state index < -0.39 is 0 Å². The van der Waals surface area contributed by atoms with Crippen LogP contribution in [-0.4, -0.2) is 54.0 Å². The average Bonchev–Trinajstić information content (AvgIpc) is 2.42. The van der Waals surface area contributed by atoms with Crippen LogP contribution >= 0.6 is 0 Å². The number of aromatic nitrogens is 2. The number of hydrogen-bond donors (Lipinski definition) is 2. The summed E-state index contributed by atoms with van der Waals surface area (Å²) in [6.45, 7) is 3.45. The molecule has 19 heavy (non-hydrogen) atoms. The van der Waals surface area contributed by atoms with Crippen LogP contribution in [0.3, 0.4) is 0 Å². The van der Waals surface area contributed by atoms with Gasteiger partial charge in [-0.2, -0.15) is 0 Å². The third-order valence-electron chi connectivity index (χ3n) is 3.38. The van der Waals surface area contributed by atoms with Crippen molar-refractivity contribution in [1.29, 1.82) is 0 Å². The van der Waals surface area contributed by atoms with Crippen LogP contribution in [0.15, 0.2) is 18.5 Å². The van der Waals surface area contributed by atoms with Crippen molar-refractivity contribution in [3.05, 3.63) is 18.5 Å². The summed E-state index contributed by atoms with van der Waals surface area (Å²) in [6.07, 6.45) is 5.53. The molecule has 1 saturated heterocycles. The van der Waals surface area contributed by atoms with Gasteiger partial charge in [-0.15, -0.1) is 0 Å². The summed E-state index contributed by atoms with van der Waals surface area (Å²) in [6, 6.07) is 1.72. The highest BCUT2D eigenvalue weighted by molar-refractivity contribution is 5.90. The molecule has 2 N–H and O–H groups in total. The zero-order valence-corrected chi connectivity index (χ0v) is 11.3. The summed E-state index contributed by atoms with van der Waals surface area (Å²) < 4.78 is 0. The smallest absolute Gasteiger partial charge is 0.240 e. The first-order valence-corrected chi connectivity index (χ1v) is 6.71.